The molecule has 0 aromatic heterocycles. The van der Waals surface area contributed by atoms with Crippen LogP contribution in [0.15, 0.2) is 60.7 Å². The van der Waals surface area contributed by atoms with Crippen molar-refractivity contribution >= 4 is 24.2 Å². The van der Waals surface area contributed by atoms with Crippen LogP contribution >= 0.6 is 0 Å². The predicted molar refractivity (Wildman–Crippen MR) is 145 cm³/mol. The van der Waals surface area contributed by atoms with Gasteiger partial charge in [-0.25, -0.2) is 14.4 Å². The summed E-state index contributed by atoms with van der Waals surface area (Å²) in [5.41, 5.74) is -1.23. The second kappa shape index (κ2) is 14.6. The molecule has 4 N–H and O–H groups in total. The summed E-state index contributed by atoms with van der Waals surface area (Å²) in [4.78, 5) is 51.8. The summed E-state index contributed by atoms with van der Waals surface area (Å²) in [6.45, 7) is 6.78. The first-order valence-corrected chi connectivity index (χ1v) is 12.7. The summed E-state index contributed by atoms with van der Waals surface area (Å²) in [6.07, 6.45) is -2.56. The molecule has 2 aromatic rings. The maximum atomic E-state index is 13.5. The zero-order valence-corrected chi connectivity index (χ0v) is 22.9. The number of alkyl carbamates (subject to hydrolysis) is 2. The van der Waals surface area contributed by atoms with Crippen LogP contribution in [-0.4, -0.2) is 58.5 Å². The molecule has 0 saturated carbocycles. The molecule has 0 saturated heterocycles. The van der Waals surface area contributed by atoms with Crippen molar-refractivity contribution in [3.05, 3.63) is 71.8 Å². The molecule has 2 rings (SSSR count). The molecule has 0 bridgehead atoms. The number of hydrogen-bond acceptors (Lipinski definition) is 6. The first-order valence-electron chi connectivity index (χ1n) is 12.7. The second-order valence-corrected chi connectivity index (χ2v) is 9.91. The number of rotatable bonds is 12. The zero-order chi connectivity index (χ0) is 28.9. The molecule has 0 spiro atoms. The van der Waals surface area contributed by atoms with E-state index in [0.29, 0.717) is 6.42 Å². The van der Waals surface area contributed by atoms with E-state index in [1.807, 2.05) is 12.1 Å². The van der Waals surface area contributed by atoms with E-state index in [2.05, 4.69) is 16.0 Å². The maximum Gasteiger partial charge on any atom is 0.409 e. The minimum atomic E-state index is -1.90. The van der Waals surface area contributed by atoms with Crippen molar-refractivity contribution < 1.29 is 33.8 Å². The Morgan fingerprint density at radius 3 is 1.97 bits per heavy atom. The highest BCUT2D eigenvalue weighted by atomic mass is 16.6. The molecule has 39 heavy (non-hydrogen) atoms. The van der Waals surface area contributed by atoms with Gasteiger partial charge in [0.05, 0.1) is 0 Å². The van der Waals surface area contributed by atoms with Crippen molar-refractivity contribution in [3.8, 4) is 0 Å². The minimum absolute atomic E-state index is 0.0190. The van der Waals surface area contributed by atoms with Gasteiger partial charge in [0.25, 0.3) is 5.91 Å². The molecule has 212 valence electrons. The standard InChI is InChI=1S/C28H38N4O7/c1-5-16-28(31-25(35)39-27(2,3)4,30-24(34)38-20-22-14-10-7-11-15-22)23(33)29-17-18-32(26(36)37)19-21-12-8-6-9-13-21/h6-15H,5,16-20H2,1-4H3,(H,29,33)(H,30,34)(H,31,35)(H,36,37)/t28-/m0/s1. The molecule has 0 unspecified atom stereocenters. The molecule has 0 fully saturated rings. The number of ether oxygens (including phenoxy) is 2. The van der Waals surface area contributed by atoms with Crippen LogP contribution in [0.4, 0.5) is 14.4 Å². The Hall–Kier alpha value is -4.28. The van der Waals surface area contributed by atoms with Crippen LogP contribution in [0.3, 0.4) is 0 Å². The Kier molecular flexibility index (Phi) is 11.6. The average molecular weight is 543 g/mol. The van der Waals surface area contributed by atoms with Gasteiger partial charge in [-0.05, 0) is 38.3 Å². The fraction of sp³-hybridized carbons (Fsp3) is 0.429. The van der Waals surface area contributed by atoms with E-state index in [0.717, 1.165) is 16.0 Å². The van der Waals surface area contributed by atoms with E-state index in [1.54, 1.807) is 76.2 Å². The predicted octanol–water partition coefficient (Wildman–Crippen LogP) is 4.23. The third kappa shape index (κ3) is 10.9. The molecule has 11 nitrogen and oxygen atoms in total. The van der Waals surface area contributed by atoms with E-state index < -0.39 is 35.5 Å². The highest BCUT2D eigenvalue weighted by molar-refractivity contribution is 5.92. The highest BCUT2D eigenvalue weighted by Crippen LogP contribution is 2.15. The normalized spacial score (nSPS) is 12.4. The molecule has 4 amide bonds. The van der Waals surface area contributed by atoms with Crippen molar-refractivity contribution in [3.63, 3.8) is 0 Å². The molecular formula is C28H38N4O7. The smallest absolute Gasteiger partial charge is 0.409 e. The van der Waals surface area contributed by atoms with Gasteiger partial charge in [-0.15, -0.1) is 0 Å². The van der Waals surface area contributed by atoms with Crippen LogP contribution < -0.4 is 16.0 Å². The quantitative estimate of drug-likeness (QED) is 0.294. The molecule has 11 heteroatoms. The van der Waals surface area contributed by atoms with Crippen molar-refractivity contribution in [1.29, 1.82) is 0 Å². The summed E-state index contributed by atoms with van der Waals surface area (Å²) < 4.78 is 10.6. The van der Waals surface area contributed by atoms with Crippen molar-refractivity contribution in [2.24, 2.45) is 0 Å². The average Bonchev–Trinajstić information content (AvgIpc) is 2.86. The SMILES string of the molecule is CCC[C@](NC(=O)OCc1ccccc1)(NC(=O)OC(C)(C)C)C(=O)NCCN(Cc1ccccc1)C(=O)O. The maximum absolute atomic E-state index is 13.5. The van der Waals surface area contributed by atoms with E-state index in [1.165, 1.54) is 0 Å². The third-order valence-corrected chi connectivity index (χ3v) is 5.41. The molecule has 0 aliphatic rings. The van der Waals surface area contributed by atoms with Gasteiger partial charge < -0.3 is 24.8 Å². The molecule has 0 aliphatic carbocycles. The Morgan fingerprint density at radius 2 is 1.44 bits per heavy atom. The van der Waals surface area contributed by atoms with Crippen LogP contribution in [0.1, 0.15) is 51.7 Å². The summed E-state index contributed by atoms with van der Waals surface area (Å²) in [5.74, 6) is -0.739. The van der Waals surface area contributed by atoms with Crippen molar-refractivity contribution in [1.82, 2.24) is 20.9 Å². The minimum Gasteiger partial charge on any atom is -0.465 e. The number of carbonyl (C=O) groups excluding carboxylic acids is 3. The Balaban J connectivity index is 2.15. The van der Waals surface area contributed by atoms with Crippen molar-refractivity contribution in [2.75, 3.05) is 13.1 Å². The first-order chi connectivity index (χ1) is 18.4. The molecule has 2 aromatic carbocycles. The number of benzene rings is 2. The third-order valence-electron chi connectivity index (χ3n) is 5.41. The van der Waals surface area contributed by atoms with Crippen LogP contribution in [0.5, 0.6) is 0 Å². The Labute approximate surface area is 228 Å². The fourth-order valence-corrected chi connectivity index (χ4v) is 3.67. The van der Waals surface area contributed by atoms with Gasteiger partial charge in [0, 0.05) is 19.6 Å². The van der Waals surface area contributed by atoms with E-state index in [9.17, 15) is 24.3 Å². The molecular weight excluding hydrogens is 504 g/mol. The number of carboxylic acid groups (broad SMARTS) is 1. The molecule has 0 radical (unpaired) electrons. The van der Waals surface area contributed by atoms with Gasteiger partial charge in [0.15, 0.2) is 5.66 Å². The van der Waals surface area contributed by atoms with Gasteiger partial charge in [-0.3, -0.25) is 15.4 Å². The second-order valence-electron chi connectivity index (χ2n) is 9.91. The van der Waals surface area contributed by atoms with Crippen LogP contribution in [0, 0.1) is 0 Å². The lowest BCUT2D eigenvalue weighted by molar-refractivity contribution is -0.129. The molecule has 0 heterocycles. The summed E-state index contributed by atoms with van der Waals surface area (Å²) in [5, 5.41) is 17.3. The topological polar surface area (TPSA) is 146 Å². The lowest BCUT2D eigenvalue weighted by atomic mass is 10.0. The highest BCUT2D eigenvalue weighted by Gasteiger charge is 2.42. The lowest BCUT2D eigenvalue weighted by Gasteiger charge is -2.34. The van der Waals surface area contributed by atoms with E-state index in [4.69, 9.17) is 9.47 Å². The number of nitrogens with one attached hydrogen (secondary N) is 3. The van der Waals surface area contributed by atoms with Crippen molar-refractivity contribution in [2.45, 2.75) is 65.0 Å². The van der Waals surface area contributed by atoms with Crippen LogP contribution in [0.25, 0.3) is 0 Å². The zero-order valence-electron chi connectivity index (χ0n) is 22.9. The monoisotopic (exact) mass is 542 g/mol. The van der Waals surface area contributed by atoms with E-state index in [-0.39, 0.29) is 32.7 Å². The number of carbonyl (C=O) groups is 4. The first kappa shape index (κ1) is 30.9. The number of hydrogen-bond donors (Lipinski definition) is 4. The summed E-state index contributed by atoms with van der Waals surface area (Å²) in [7, 11) is 0. The number of amides is 4. The van der Waals surface area contributed by atoms with Crippen LogP contribution in [0.2, 0.25) is 0 Å². The van der Waals surface area contributed by atoms with Gasteiger partial charge in [0.2, 0.25) is 0 Å². The Bertz CT molecular complexity index is 1090. The van der Waals surface area contributed by atoms with E-state index >= 15 is 0 Å². The van der Waals surface area contributed by atoms with Gasteiger partial charge in [-0.2, -0.15) is 0 Å². The summed E-state index contributed by atoms with van der Waals surface area (Å²) >= 11 is 0. The van der Waals surface area contributed by atoms with Crippen LogP contribution in [-0.2, 0) is 27.4 Å². The lowest BCUT2D eigenvalue weighted by Crippen LogP contribution is -2.69. The van der Waals surface area contributed by atoms with Gasteiger partial charge in [-0.1, -0.05) is 74.0 Å². The van der Waals surface area contributed by atoms with Gasteiger partial charge >= 0.3 is 18.3 Å². The molecule has 1 atom stereocenters. The Morgan fingerprint density at radius 1 is 0.872 bits per heavy atom. The largest absolute Gasteiger partial charge is 0.465 e. The number of nitrogens with zero attached hydrogens (tertiary/aromatic N) is 1. The summed E-state index contributed by atoms with van der Waals surface area (Å²) in [6, 6.07) is 18.0. The molecule has 0 aliphatic heterocycles. The fourth-order valence-electron chi connectivity index (χ4n) is 3.67. The van der Waals surface area contributed by atoms with Gasteiger partial charge in [0.1, 0.15) is 12.2 Å².